The predicted molar refractivity (Wildman–Crippen MR) is 118 cm³/mol. The number of benzene rings is 2. The Balaban J connectivity index is 1.28. The molecule has 5 rings (SSSR count). The molecule has 7 nitrogen and oxygen atoms in total. The Hall–Kier alpha value is -3.35. The van der Waals surface area contributed by atoms with Crippen molar-refractivity contribution in [3.8, 4) is 0 Å². The second-order valence-electron chi connectivity index (χ2n) is 7.93. The summed E-state index contributed by atoms with van der Waals surface area (Å²) in [5.74, 6) is 0.637. The van der Waals surface area contributed by atoms with Crippen LogP contribution in [0.3, 0.4) is 0 Å². The van der Waals surface area contributed by atoms with Crippen molar-refractivity contribution < 1.29 is 4.79 Å². The summed E-state index contributed by atoms with van der Waals surface area (Å²) in [4.78, 5) is 39.2. The van der Waals surface area contributed by atoms with Gasteiger partial charge < -0.3 is 14.7 Å². The number of aromatic amines is 1. The van der Waals surface area contributed by atoms with Crippen molar-refractivity contribution >= 4 is 28.4 Å². The second kappa shape index (κ2) is 7.82. The van der Waals surface area contributed by atoms with Gasteiger partial charge in [-0.05, 0) is 43.2 Å². The number of nitrogens with one attached hydrogen (secondary N) is 1. The highest BCUT2D eigenvalue weighted by Crippen LogP contribution is 2.22. The van der Waals surface area contributed by atoms with E-state index in [4.69, 9.17) is 0 Å². The van der Waals surface area contributed by atoms with Gasteiger partial charge in [0.2, 0.25) is 5.95 Å². The van der Waals surface area contributed by atoms with Crippen LogP contribution in [0.15, 0.2) is 53.3 Å². The molecule has 3 aromatic rings. The number of para-hydroxylation sites is 1. The van der Waals surface area contributed by atoms with Crippen molar-refractivity contribution in [2.24, 2.45) is 0 Å². The molecule has 1 amide bonds. The number of H-pyrrole nitrogens is 1. The lowest BCUT2D eigenvalue weighted by atomic mass is 10.1. The summed E-state index contributed by atoms with van der Waals surface area (Å²) in [7, 11) is 0. The molecule has 1 N–H and O–H groups in total. The van der Waals surface area contributed by atoms with Gasteiger partial charge in [0.05, 0.1) is 10.9 Å². The predicted octanol–water partition coefficient (Wildman–Crippen LogP) is 2.49. The molecule has 0 spiro atoms. The Labute approximate surface area is 174 Å². The Kier molecular flexibility index (Phi) is 4.86. The van der Waals surface area contributed by atoms with E-state index in [0.29, 0.717) is 43.0 Å². The third kappa shape index (κ3) is 3.51. The van der Waals surface area contributed by atoms with Crippen molar-refractivity contribution in [2.45, 2.75) is 12.8 Å². The van der Waals surface area contributed by atoms with Crippen LogP contribution in [0.2, 0.25) is 0 Å². The number of carbonyl (C=O) groups excluding carboxylic acids is 1. The van der Waals surface area contributed by atoms with E-state index in [0.717, 1.165) is 24.3 Å². The monoisotopic (exact) mass is 403 g/mol. The summed E-state index contributed by atoms with van der Waals surface area (Å²) in [6.07, 6.45) is 2.43. The number of anilines is 2. The molecule has 2 aromatic carbocycles. The fraction of sp³-hybridized carbons (Fsp3) is 0.348. The van der Waals surface area contributed by atoms with Crippen LogP contribution < -0.4 is 15.4 Å². The van der Waals surface area contributed by atoms with Gasteiger partial charge in [0.15, 0.2) is 0 Å². The van der Waals surface area contributed by atoms with E-state index in [-0.39, 0.29) is 11.5 Å². The first-order chi connectivity index (χ1) is 14.7. The smallest absolute Gasteiger partial charge is 0.260 e. The average Bonchev–Trinajstić information content (AvgIpc) is 3.34. The minimum Gasteiger partial charge on any atom is -0.372 e. The maximum atomic E-state index is 13.1. The topological polar surface area (TPSA) is 72.5 Å². The minimum absolute atomic E-state index is 0.0654. The highest BCUT2D eigenvalue weighted by Gasteiger charge is 2.24. The van der Waals surface area contributed by atoms with Gasteiger partial charge in [0.1, 0.15) is 0 Å². The number of aromatic nitrogens is 2. The zero-order chi connectivity index (χ0) is 20.5. The molecule has 0 bridgehead atoms. The molecule has 3 heterocycles. The van der Waals surface area contributed by atoms with E-state index in [1.165, 1.54) is 12.8 Å². The van der Waals surface area contributed by atoms with Crippen LogP contribution in [0.1, 0.15) is 23.2 Å². The Morgan fingerprint density at radius 1 is 0.867 bits per heavy atom. The molecule has 2 aliphatic heterocycles. The van der Waals surface area contributed by atoms with E-state index in [9.17, 15) is 9.59 Å². The molecule has 154 valence electrons. The number of carbonyl (C=O) groups is 1. The molecule has 1 aromatic heterocycles. The lowest BCUT2D eigenvalue weighted by molar-refractivity contribution is 0.0746. The van der Waals surface area contributed by atoms with E-state index in [1.54, 1.807) is 6.07 Å². The van der Waals surface area contributed by atoms with Crippen LogP contribution in [-0.4, -0.2) is 60.0 Å². The Morgan fingerprint density at radius 2 is 1.63 bits per heavy atom. The number of rotatable bonds is 3. The van der Waals surface area contributed by atoms with E-state index in [2.05, 4.69) is 20.9 Å². The van der Waals surface area contributed by atoms with Crippen LogP contribution in [0.4, 0.5) is 11.6 Å². The quantitative estimate of drug-likeness (QED) is 0.727. The van der Waals surface area contributed by atoms with Gasteiger partial charge in [-0.2, -0.15) is 0 Å². The SMILES string of the molecule is O=C(c1cccc(N2CCCC2)c1)N1CCN(c2nc3ccccc3c(=O)[nH]2)CC1. The van der Waals surface area contributed by atoms with Crippen LogP contribution in [-0.2, 0) is 0 Å². The second-order valence-corrected chi connectivity index (χ2v) is 7.93. The zero-order valence-corrected chi connectivity index (χ0v) is 16.9. The molecule has 0 unspecified atom stereocenters. The van der Waals surface area contributed by atoms with Gasteiger partial charge in [0, 0.05) is 50.5 Å². The molecule has 0 saturated carbocycles. The van der Waals surface area contributed by atoms with Crippen LogP contribution in [0.25, 0.3) is 10.9 Å². The van der Waals surface area contributed by atoms with Crippen LogP contribution in [0.5, 0.6) is 0 Å². The maximum absolute atomic E-state index is 13.1. The summed E-state index contributed by atoms with van der Waals surface area (Å²) < 4.78 is 0. The van der Waals surface area contributed by atoms with Crippen molar-refractivity contribution in [1.82, 2.24) is 14.9 Å². The van der Waals surface area contributed by atoms with Crippen molar-refractivity contribution in [2.75, 3.05) is 49.1 Å². The van der Waals surface area contributed by atoms with Gasteiger partial charge in [0.25, 0.3) is 11.5 Å². The summed E-state index contributed by atoms with van der Waals surface area (Å²) in [6.45, 7) is 4.60. The molecule has 0 radical (unpaired) electrons. The third-order valence-electron chi connectivity index (χ3n) is 6.03. The van der Waals surface area contributed by atoms with Gasteiger partial charge in [-0.25, -0.2) is 4.98 Å². The van der Waals surface area contributed by atoms with Gasteiger partial charge in [-0.3, -0.25) is 14.6 Å². The number of piperazine rings is 1. The van der Waals surface area contributed by atoms with Crippen molar-refractivity contribution in [1.29, 1.82) is 0 Å². The van der Waals surface area contributed by atoms with E-state index >= 15 is 0 Å². The highest BCUT2D eigenvalue weighted by atomic mass is 16.2. The first-order valence-electron chi connectivity index (χ1n) is 10.6. The van der Waals surface area contributed by atoms with Gasteiger partial charge in [-0.15, -0.1) is 0 Å². The average molecular weight is 403 g/mol. The highest BCUT2D eigenvalue weighted by molar-refractivity contribution is 5.95. The number of amides is 1. The molecule has 2 saturated heterocycles. The largest absolute Gasteiger partial charge is 0.372 e. The lowest BCUT2D eigenvalue weighted by Crippen LogP contribution is -2.49. The number of hydrogen-bond donors (Lipinski definition) is 1. The molecule has 0 aliphatic carbocycles. The molecule has 2 aliphatic rings. The Bertz CT molecular complexity index is 1130. The van der Waals surface area contributed by atoms with Crippen molar-refractivity contribution in [3.63, 3.8) is 0 Å². The molecule has 2 fully saturated rings. The minimum atomic E-state index is -0.132. The normalized spacial score (nSPS) is 17.0. The molecule has 30 heavy (non-hydrogen) atoms. The lowest BCUT2D eigenvalue weighted by Gasteiger charge is -2.35. The molecular formula is C23H25N5O2. The fourth-order valence-electron chi connectivity index (χ4n) is 4.34. The fourth-order valence-corrected chi connectivity index (χ4v) is 4.34. The Morgan fingerprint density at radius 3 is 2.43 bits per heavy atom. The standard InChI is InChI=1S/C23H25N5O2/c29-21-19-8-1-2-9-20(19)24-23(25-21)28-14-12-27(13-15-28)22(30)17-6-5-7-18(16-17)26-10-3-4-11-26/h1-2,5-9,16H,3-4,10-15H2,(H,24,25,29). The van der Waals surface area contributed by atoms with Gasteiger partial charge >= 0.3 is 0 Å². The molecular weight excluding hydrogens is 378 g/mol. The summed E-state index contributed by atoms with van der Waals surface area (Å²) in [5.41, 5.74) is 2.43. The zero-order valence-electron chi connectivity index (χ0n) is 16.9. The van der Waals surface area contributed by atoms with E-state index in [1.807, 2.05) is 46.2 Å². The first-order valence-corrected chi connectivity index (χ1v) is 10.6. The maximum Gasteiger partial charge on any atom is 0.260 e. The van der Waals surface area contributed by atoms with E-state index < -0.39 is 0 Å². The first kappa shape index (κ1) is 18.7. The molecule has 7 heteroatoms. The summed E-state index contributed by atoms with van der Waals surface area (Å²) in [6, 6.07) is 15.3. The van der Waals surface area contributed by atoms with Gasteiger partial charge in [-0.1, -0.05) is 18.2 Å². The van der Waals surface area contributed by atoms with Crippen molar-refractivity contribution in [3.05, 3.63) is 64.4 Å². The van der Waals surface area contributed by atoms with Crippen LogP contribution in [0, 0.1) is 0 Å². The van der Waals surface area contributed by atoms with Crippen LogP contribution >= 0.6 is 0 Å². The number of nitrogens with zero attached hydrogens (tertiary/aromatic N) is 4. The number of hydrogen-bond acceptors (Lipinski definition) is 5. The molecule has 0 atom stereocenters. The summed E-state index contributed by atoms with van der Waals surface area (Å²) in [5, 5.41) is 0.591. The number of fused-ring (bicyclic) bond motifs is 1. The summed E-state index contributed by atoms with van der Waals surface area (Å²) >= 11 is 0. The third-order valence-corrected chi connectivity index (χ3v) is 6.03.